The van der Waals surface area contributed by atoms with Crippen LogP contribution >= 0.6 is 11.6 Å². The van der Waals surface area contributed by atoms with E-state index in [0.717, 1.165) is 12.4 Å². The summed E-state index contributed by atoms with van der Waals surface area (Å²) < 4.78 is 5.66. The second-order valence-corrected chi connectivity index (χ2v) is 5.93. The van der Waals surface area contributed by atoms with Gasteiger partial charge < -0.3 is 9.64 Å². The van der Waals surface area contributed by atoms with E-state index >= 15 is 0 Å². The molecule has 0 spiro atoms. The van der Waals surface area contributed by atoms with Crippen molar-refractivity contribution in [2.24, 2.45) is 0 Å². The molecule has 1 aliphatic rings. The molecule has 1 aromatic rings. The van der Waals surface area contributed by atoms with Crippen LogP contribution in [0.25, 0.3) is 0 Å². The second kappa shape index (κ2) is 7.67. The van der Waals surface area contributed by atoms with Gasteiger partial charge in [0.1, 0.15) is 12.1 Å². The van der Waals surface area contributed by atoms with E-state index in [1.54, 1.807) is 6.33 Å². The van der Waals surface area contributed by atoms with Crippen molar-refractivity contribution in [3.8, 4) is 5.88 Å². The molecule has 112 valence electrons. The minimum atomic E-state index is 0.119. The molecule has 2 rings (SSSR count). The Bertz CT molecular complexity index is 408. The lowest BCUT2D eigenvalue weighted by Gasteiger charge is -2.34. The Kier molecular flexibility index (Phi) is 5.89. The van der Waals surface area contributed by atoms with Crippen LogP contribution < -0.4 is 9.64 Å². The molecule has 1 aliphatic carbocycles. The van der Waals surface area contributed by atoms with Crippen LogP contribution in [0, 0.1) is 0 Å². The Morgan fingerprint density at radius 3 is 2.70 bits per heavy atom. The van der Waals surface area contributed by atoms with Crippen molar-refractivity contribution in [1.82, 2.24) is 9.97 Å². The highest BCUT2D eigenvalue weighted by molar-refractivity contribution is 6.18. The van der Waals surface area contributed by atoms with Crippen LogP contribution in [0.4, 0.5) is 5.82 Å². The molecule has 1 aromatic heterocycles. The average molecular weight is 298 g/mol. The highest BCUT2D eigenvalue weighted by atomic mass is 35.5. The van der Waals surface area contributed by atoms with Crippen LogP contribution in [0.3, 0.4) is 0 Å². The molecule has 1 heterocycles. The largest absolute Gasteiger partial charge is 0.475 e. The summed E-state index contributed by atoms with van der Waals surface area (Å²) in [4.78, 5) is 10.9. The summed E-state index contributed by atoms with van der Waals surface area (Å²) in [7, 11) is 0. The fraction of sp³-hybridized carbons (Fsp3) is 0.733. The van der Waals surface area contributed by atoms with Crippen molar-refractivity contribution in [1.29, 1.82) is 0 Å². The van der Waals surface area contributed by atoms with Crippen LogP contribution in [0.5, 0.6) is 5.88 Å². The lowest BCUT2D eigenvalue weighted by atomic mass is 9.94. The molecular weight excluding hydrogens is 274 g/mol. The van der Waals surface area contributed by atoms with Gasteiger partial charge >= 0.3 is 0 Å². The number of ether oxygens (including phenoxy) is 1. The number of nitrogens with zero attached hydrogens (tertiary/aromatic N) is 3. The van der Waals surface area contributed by atoms with Crippen LogP contribution in [-0.4, -0.2) is 34.5 Å². The Morgan fingerprint density at radius 1 is 1.30 bits per heavy atom. The number of alkyl halides is 1. The maximum atomic E-state index is 5.97. The summed E-state index contributed by atoms with van der Waals surface area (Å²) in [5.74, 6) is 2.18. The monoisotopic (exact) mass is 297 g/mol. The van der Waals surface area contributed by atoms with E-state index in [0.29, 0.717) is 17.8 Å². The normalized spacial score (nSPS) is 16.4. The van der Waals surface area contributed by atoms with Gasteiger partial charge in [-0.25, -0.2) is 9.97 Å². The van der Waals surface area contributed by atoms with Gasteiger partial charge in [0.2, 0.25) is 5.88 Å². The first-order valence-corrected chi connectivity index (χ1v) is 8.05. The molecular formula is C15H24ClN3O. The topological polar surface area (TPSA) is 38.2 Å². The first kappa shape index (κ1) is 15.4. The van der Waals surface area contributed by atoms with Crippen LogP contribution in [-0.2, 0) is 0 Å². The zero-order chi connectivity index (χ0) is 14.4. The third-order valence-corrected chi connectivity index (χ3v) is 3.79. The first-order chi connectivity index (χ1) is 9.70. The van der Waals surface area contributed by atoms with Crippen molar-refractivity contribution >= 4 is 17.4 Å². The van der Waals surface area contributed by atoms with E-state index in [9.17, 15) is 0 Å². The molecule has 0 unspecified atom stereocenters. The molecule has 0 aromatic carbocycles. The standard InChI is InChI=1S/C15H24ClN3O/c1-12(2)20-15-10-14(17-11-18-15)19(9-8-16)13-6-4-3-5-7-13/h10-13H,3-9H2,1-2H3. The quantitative estimate of drug-likeness (QED) is 0.751. The lowest BCUT2D eigenvalue weighted by molar-refractivity contribution is 0.232. The van der Waals surface area contributed by atoms with Gasteiger partial charge in [-0.05, 0) is 26.7 Å². The minimum Gasteiger partial charge on any atom is -0.475 e. The molecule has 0 atom stereocenters. The first-order valence-electron chi connectivity index (χ1n) is 7.52. The molecule has 0 N–H and O–H groups in total. The van der Waals surface area contributed by atoms with E-state index in [1.807, 2.05) is 19.9 Å². The third-order valence-electron chi connectivity index (χ3n) is 3.62. The number of anilines is 1. The summed E-state index contributed by atoms with van der Waals surface area (Å²) in [5, 5.41) is 0. The fourth-order valence-corrected chi connectivity index (χ4v) is 2.94. The zero-order valence-corrected chi connectivity index (χ0v) is 13.1. The van der Waals surface area contributed by atoms with Crippen LogP contribution in [0.15, 0.2) is 12.4 Å². The van der Waals surface area contributed by atoms with E-state index in [4.69, 9.17) is 16.3 Å². The molecule has 4 nitrogen and oxygen atoms in total. The number of halogens is 1. The van der Waals surface area contributed by atoms with Gasteiger partial charge in [0, 0.05) is 24.5 Å². The fourth-order valence-electron chi connectivity index (χ4n) is 2.76. The van der Waals surface area contributed by atoms with Gasteiger partial charge in [-0.1, -0.05) is 19.3 Å². The Hall–Kier alpha value is -1.03. The molecule has 0 amide bonds. The Labute approximate surface area is 126 Å². The van der Waals surface area contributed by atoms with Gasteiger partial charge in [0.15, 0.2) is 0 Å². The number of rotatable bonds is 6. The summed E-state index contributed by atoms with van der Waals surface area (Å²) >= 11 is 5.97. The van der Waals surface area contributed by atoms with Crippen molar-refractivity contribution in [2.75, 3.05) is 17.3 Å². The SMILES string of the molecule is CC(C)Oc1cc(N(CCCl)C2CCCCC2)ncn1. The summed E-state index contributed by atoms with van der Waals surface area (Å²) in [5.41, 5.74) is 0. The van der Waals surface area contributed by atoms with Crippen molar-refractivity contribution < 1.29 is 4.74 Å². The molecule has 0 aliphatic heterocycles. The average Bonchev–Trinajstić information content (AvgIpc) is 2.45. The van der Waals surface area contributed by atoms with E-state index in [2.05, 4.69) is 14.9 Å². The van der Waals surface area contributed by atoms with E-state index in [-0.39, 0.29) is 6.10 Å². The van der Waals surface area contributed by atoms with Crippen LogP contribution in [0.2, 0.25) is 0 Å². The molecule has 5 heteroatoms. The molecule has 0 bridgehead atoms. The molecule has 0 saturated heterocycles. The summed E-state index contributed by atoms with van der Waals surface area (Å²) in [6.07, 6.45) is 8.08. The predicted octanol–water partition coefficient (Wildman–Crippen LogP) is 3.64. The third kappa shape index (κ3) is 4.23. The van der Waals surface area contributed by atoms with Crippen molar-refractivity contribution in [3.63, 3.8) is 0 Å². The van der Waals surface area contributed by atoms with Gasteiger partial charge in [0.05, 0.1) is 6.10 Å². The van der Waals surface area contributed by atoms with Gasteiger partial charge in [0.25, 0.3) is 0 Å². The Balaban J connectivity index is 2.15. The van der Waals surface area contributed by atoms with Gasteiger partial charge in [-0.2, -0.15) is 0 Å². The summed E-state index contributed by atoms with van der Waals surface area (Å²) in [6.45, 7) is 4.82. The number of aromatic nitrogens is 2. The van der Waals surface area contributed by atoms with Crippen molar-refractivity contribution in [2.45, 2.75) is 58.1 Å². The lowest BCUT2D eigenvalue weighted by Crippen LogP contribution is -2.38. The second-order valence-electron chi connectivity index (χ2n) is 5.56. The predicted molar refractivity (Wildman–Crippen MR) is 82.7 cm³/mol. The smallest absolute Gasteiger partial charge is 0.218 e. The highest BCUT2D eigenvalue weighted by Gasteiger charge is 2.22. The van der Waals surface area contributed by atoms with Gasteiger partial charge in [-0.3, -0.25) is 0 Å². The zero-order valence-electron chi connectivity index (χ0n) is 12.4. The summed E-state index contributed by atoms with van der Waals surface area (Å²) in [6, 6.07) is 2.48. The van der Waals surface area contributed by atoms with Crippen LogP contribution in [0.1, 0.15) is 46.0 Å². The van der Waals surface area contributed by atoms with Crippen molar-refractivity contribution in [3.05, 3.63) is 12.4 Å². The number of hydrogen-bond acceptors (Lipinski definition) is 4. The number of hydrogen-bond donors (Lipinski definition) is 0. The van der Waals surface area contributed by atoms with E-state index in [1.165, 1.54) is 32.1 Å². The van der Waals surface area contributed by atoms with E-state index < -0.39 is 0 Å². The maximum Gasteiger partial charge on any atom is 0.218 e. The molecule has 1 saturated carbocycles. The Morgan fingerprint density at radius 2 is 2.05 bits per heavy atom. The molecule has 1 fully saturated rings. The maximum absolute atomic E-state index is 5.97. The molecule has 20 heavy (non-hydrogen) atoms. The highest BCUT2D eigenvalue weighted by Crippen LogP contribution is 2.27. The molecule has 0 radical (unpaired) electrons. The van der Waals surface area contributed by atoms with Gasteiger partial charge in [-0.15, -0.1) is 11.6 Å². The minimum absolute atomic E-state index is 0.119.